The second-order valence-corrected chi connectivity index (χ2v) is 4.70. The molecule has 91 valence electrons. The van der Waals surface area contributed by atoms with E-state index >= 15 is 0 Å². The second kappa shape index (κ2) is 4.78. The third kappa shape index (κ3) is 2.22. The Bertz CT molecular complexity index is 537. The van der Waals surface area contributed by atoms with Gasteiger partial charge in [0, 0.05) is 25.5 Å². The minimum Gasteiger partial charge on any atom is -0.300 e. The zero-order valence-corrected chi connectivity index (χ0v) is 10.5. The van der Waals surface area contributed by atoms with Crippen LogP contribution in [0.15, 0.2) is 42.7 Å². The smallest absolute Gasteiger partial charge is 0.0620 e. The van der Waals surface area contributed by atoms with Gasteiger partial charge in [0.15, 0.2) is 0 Å². The zero-order valence-electron chi connectivity index (χ0n) is 10.5. The Morgan fingerprint density at radius 2 is 2.11 bits per heavy atom. The second-order valence-electron chi connectivity index (χ2n) is 4.70. The number of benzene rings is 1. The van der Waals surface area contributed by atoms with Gasteiger partial charge in [0.1, 0.15) is 0 Å². The molecular weight excluding hydrogens is 222 g/mol. The summed E-state index contributed by atoms with van der Waals surface area (Å²) in [6.07, 6.45) is 3.70. The lowest BCUT2D eigenvalue weighted by molar-refractivity contribution is 0.340. The van der Waals surface area contributed by atoms with E-state index in [2.05, 4.69) is 46.5 Å². The fourth-order valence-electron chi connectivity index (χ4n) is 2.29. The molecule has 0 saturated carbocycles. The number of aromatic nitrogens is 1. The maximum Gasteiger partial charge on any atom is 0.0620 e. The Morgan fingerprint density at radius 3 is 2.94 bits per heavy atom. The molecule has 3 nitrogen and oxygen atoms in total. The molecule has 0 aliphatic carbocycles. The number of nitrogens with zero attached hydrogens (tertiary/aromatic N) is 3. The highest BCUT2D eigenvalue weighted by Crippen LogP contribution is 2.26. The minimum atomic E-state index is 0.885. The molecule has 18 heavy (non-hydrogen) atoms. The van der Waals surface area contributed by atoms with Crippen LogP contribution in [0.5, 0.6) is 0 Å². The van der Waals surface area contributed by atoms with E-state index in [0.717, 1.165) is 30.9 Å². The summed E-state index contributed by atoms with van der Waals surface area (Å²) in [4.78, 5) is 6.48. The first-order chi connectivity index (χ1) is 8.83. The molecule has 2 aromatic rings. The highest BCUT2D eigenvalue weighted by atomic mass is 15.1. The summed E-state index contributed by atoms with van der Waals surface area (Å²) in [6.45, 7) is 2.87. The number of fused-ring (bicyclic) bond motifs is 1. The van der Waals surface area contributed by atoms with Crippen LogP contribution in [0.3, 0.4) is 0 Å². The van der Waals surface area contributed by atoms with Crippen LogP contribution in [0.4, 0.5) is 5.69 Å². The van der Waals surface area contributed by atoms with Crippen LogP contribution in [0.2, 0.25) is 0 Å². The van der Waals surface area contributed by atoms with Crippen molar-refractivity contribution >= 4 is 5.69 Å². The summed E-state index contributed by atoms with van der Waals surface area (Å²) in [6, 6.07) is 10.5. The lowest BCUT2D eigenvalue weighted by Crippen LogP contribution is -2.20. The Labute approximate surface area is 107 Å². The molecule has 2 heterocycles. The minimum absolute atomic E-state index is 0.885. The van der Waals surface area contributed by atoms with Gasteiger partial charge in [-0.15, -0.1) is 0 Å². The first kappa shape index (κ1) is 11.2. The highest BCUT2D eigenvalue weighted by Gasteiger charge is 2.12. The molecule has 0 spiro atoms. The fourth-order valence-corrected chi connectivity index (χ4v) is 2.29. The van der Waals surface area contributed by atoms with Crippen molar-refractivity contribution in [3.63, 3.8) is 0 Å². The van der Waals surface area contributed by atoms with Crippen molar-refractivity contribution in [3.8, 4) is 11.1 Å². The zero-order chi connectivity index (χ0) is 12.4. The largest absolute Gasteiger partial charge is 0.300 e. The summed E-state index contributed by atoms with van der Waals surface area (Å²) >= 11 is 0. The van der Waals surface area contributed by atoms with E-state index in [1.54, 1.807) is 6.20 Å². The van der Waals surface area contributed by atoms with Crippen molar-refractivity contribution in [2.75, 3.05) is 20.1 Å². The number of hydrogen-bond acceptors (Lipinski definition) is 2. The lowest BCUT2D eigenvalue weighted by atomic mass is 10.0. The highest BCUT2D eigenvalue weighted by molar-refractivity contribution is 5.66. The summed E-state index contributed by atoms with van der Waals surface area (Å²) in [5.41, 5.74) is 4.81. The number of hydrogen-bond donors (Lipinski definition) is 0. The van der Waals surface area contributed by atoms with Gasteiger partial charge < -0.3 is 4.90 Å². The summed E-state index contributed by atoms with van der Waals surface area (Å²) in [5, 5.41) is 4.61. The van der Waals surface area contributed by atoms with Gasteiger partial charge in [-0.1, -0.05) is 12.1 Å². The molecule has 0 bridgehead atoms. The molecule has 0 atom stereocenters. The Balaban J connectivity index is 2.00. The van der Waals surface area contributed by atoms with Gasteiger partial charge in [-0.25, -0.2) is 0 Å². The number of rotatable bonds is 1. The molecule has 1 aliphatic heterocycles. The van der Waals surface area contributed by atoms with Crippen molar-refractivity contribution in [3.05, 3.63) is 48.3 Å². The summed E-state index contributed by atoms with van der Waals surface area (Å²) < 4.78 is 0. The predicted molar refractivity (Wildman–Crippen MR) is 72.7 cm³/mol. The van der Waals surface area contributed by atoms with Crippen LogP contribution < -0.4 is 5.32 Å². The molecule has 3 heteroatoms. The maximum absolute atomic E-state index is 4.61. The standard InChI is InChI=1S/C15H16N3/c1-18-8-7-17-15-5-4-12(9-14(15)11-18)13-3-2-6-16-10-13/h2-6,9-10H,7-8,11H2,1H3. The summed E-state index contributed by atoms with van der Waals surface area (Å²) in [5.74, 6) is 0. The van der Waals surface area contributed by atoms with Gasteiger partial charge in [0.2, 0.25) is 0 Å². The van der Waals surface area contributed by atoms with Crippen LogP contribution in [-0.2, 0) is 6.54 Å². The molecule has 0 unspecified atom stereocenters. The van der Waals surface area contributed by atoms with Crippen molar-refractivity contribution in [1.29, 1.82) is 0 Å². The van der Waals surface area contributed by atoms with Gasteiger partial charge in [-0.3, -0.25) is 10.3 Å². The topological polar surface area (TPSA) is 30.2 Å². The third-order valence-electron chi connectivity index (χ3n) is 3.28. The Kier molecular flexibility index (Phi) is 2.99. The lowest BCUT2D eigenvalue weighted by Gasteiger charge is -2.13. The van der Waals surface area contributed by atoms with Gasteiger partial charge >= 0.3 is 0 Å². The molecule has 0 amide bonds. The van der Waals surface area contributed by atoms with Crippen LogP contribution >= 0.6 is 0 Å². The first-order valence-corrected chi connectivity index (χ1v) is 6.22. The summed E-state index contributed by atoms with van der Waals surface area (Å²) in [7, 11) is 2.14. The third-order valence-corrected chi connectivity index (χ3v) is 3.28. The molecule has 3 rings (SSSR count). The molecule has 1 aliphatic rings. The predicted octanol–water partition coefficient (Wildman–Crippen LogP) is 2.43. The van der Waals surface area contributed by atoms with E-state index in [-0.39, 0.29) is 0 Å². The van der Waals surface area contributed by atoms with Crippen molar-refractivity contribution < 1.29 is 0 Å². The first-order valence-electron chi connectivity index (χ1n) is 6.22. The molecule has 1 aromatic heterocycles. The van der Waals surface area contributed by atoms with E-state index < -0.39 is 0 Å². The van der Waals surface area contributed by atoms with Crippen LogP contribution in [0, 0.1) is 0 Å². The van der Waals surface area contributed by atoms with Gasteiger partial charge in [-0.05, 0) is 41.9 Å². The van der Waals surface area contributed by atoms with Crippen LogP contribution in [-0.4, -0.2) is 30.0 Å². The molecule has 0 N–H and O–H groups in total. The molecule has 0 saturated heterocycles. The molecule has 0 fully saturated rings. The average Bonchev–Trinajstić information content (AvgIpc) is 2.59. The van der Waals surface area contributed by atoms with E-state index in [1.807, 2.05) is 12.3 Å². The monoisotopic (exact) mass is 238 g/mol. The number of likely N-dealkylation sites (N-methyl/N-ethyl adjacent to an activating group) is 1. The van der Waals surface area contributed by atoms with Gasteiger partial charge in [0.25, 0.3) is 0 Å². The maximum atomic E-state index is 4.61. The fraction of sp³-hybridized carbons (Fsp3) is 0.267. The average molecular weight is 238 g/mol. The van der Waals surface area contributed by atoms with Crippen molar-refractivity contribution in [1.82, 2.24) is 15.2 Å². The van der Waals surface area contributed by atoms with Crippen molar-refractivity contribution in [2.24, 2.45) is 0 Å². The van der Waals surface area contributed by atoms with E-state index in [1.165, 1.54) is 11.1 Å². The normalized spacial score (nSPS) is 15.6. The quantitative estimate of drug-likeness (QED) is 0.764. The molecular formula is C15H16N3. The molecule has 1 aromatic carbocycles. The number of pyridine rings is 1. The van der Waals surface area contributed by atoms with Gasteiger partial charge in [-0.2, -0.15) is 0 Å². The van der Waals surface area contributed by atoms with Crippen LogP contribution in [0.1, 0.15) is 5.56 Å². The van der Waals surface area contributed by atoms with E-state index in [0.29, 0.717) is 0 Å². The van der Waals surface area contributed by atoms with E-state index in [4.69, 9.17) is 0 Å². The van der Waals surface area contributed by atoms with Gasteiger partial charge in [0.05, 0.1) is 12.2 Å². The Morgan fingerprint density at radius 1 is 1.17 bits per heavy atom. The van der Waals surface area contributed by atoms with Crippen LogP contribution in [0.25, 0.3) is 11.1 Å². The molecule has 1 radical (unpaired) electrons. The SMILES string of the molecule is CN1CC[N]c2ccc(-c3cccnc3)cc2C1. The van der Waals surface area contributed by atoms with E-state index in [9.17, 15) is 0 Å². The van der Waals surface area contributed by atoms with Crippen molar-refractivity contribution in [2.45, 2.75) is 6.54 Å². The Hall–Kier alpha value is -1.87.